The second kappa shape index (κ2) is 6.16. The summed E-state index contributed by atoms with van der Waals surface area (Å²) >= 11 is 6.29. The molecule has 0 unspecified atom stereocenters. The number of anilines is 1. The zero-order valence-electron chi connectivity index (χ0n) is 9.67. The van der Waals surface area contributed by atoms with E-state index in [1.165, 1.54) is 12.1 Å². The minimum Gasteiger partial charge on any atom is -0.389 e. The molecule has 0 bridgehead atoms. The van der Waals surface area contributed by atoms with Crippen LogP contribution in [0.25, 0.3) is 0 Å². The van der Waals surface area contributed by atoms with Gasteiger partial charge in [-0.2, -0.15) is 11.8 Å². The molecule has 0 amide bonds. The molecule has 0 saturated carbocycles. The summed E-state index contributed by atoms with van der Waals surface area (Å²) < 4.78 is 27.4. The van der Waals surface area contributed by atoms with Crippen molar-refractivity contribution in [2.75, 3.05) is 30.5 Å². The SMILES string of the molecule is CSCCN(C)c1ccc(C(N)=S)c(F)c1F. The second-order valence-corrected chi connectivity index (χ2v) is 4.96. The Balaban J connectivity index is 3.03. The fourth-order valence-corrected chi connectivity index (χ4v) is 1.99. The van der Waals surface area contributed by atoms with Gasteiger partial charge in [-0.25, -0.2) is 8.78 Å². The van der Waals surface area contributed by atoms with E-state index in [0.29, 0.717) is 6.54 Å². The van der Waals surface area contributed by atoms with E-state index in [-0.39, 0.29) is 16.2 Å². The van der Waals surface area contributed by atoms with Crippen molar-refractivity contribution in [3.63, 3.8) is 0 Å². The van der Waals surface area contributed by atoms with Crippen molar-refractivity contribution < 1.29 is 8.78 Å². The number of nitrogens with zero attached hydrogens (tertiary/aromatic N) is 1. The van der Waals surface area contributed by atoms with Gasteiger partial charge in [-0.1, -0.05) is 12.2 Å². The third-order valence-electron chi connectivity index (χ3n) is 2.37. The monoisotopic (exact) mass is 276 g/mol. The Labute approximate surface area is 109 Å². The number of benzene rings is 1. The Bertz CT molecular complexity index is 424. The minimum absolute atomic E-state index is 0.0560. The molecular formula is C11H14F2N2S2. The molecule has 17 heavy (non-hydrogen) atoms. The van der Waals surface area contributed by atoms with E-state index < -0.39 is 11.6 Å². The van der Waals surface area contributed by atoms with Crippen LogP contribution >= 0.6 is 24.0 Å². The maximum Gasteiger partial charge on any atom is 0.182 e. The molecule has 1 aromatic rings. The molecule has 0 aromatic heterocycles. The lowest BCUT2D eigenvalue weighted by Gasteiger charge is -2.20. The summed E-state index contributed by atoms with van der Waals surface area (Å²) in [7, 11) is 1.72. The van der Waals surface area contributed by atoms with E-state index in [1.54, 1.807) is 23.7 Å². The lowest BCUT2D eigenvalue weighted by molar-refractivity contribution is 0.506. The first-order chi connectivity index (χ1) is 7.99. The fraction of sp³-hybridized carbons (Fsp3) is 0.364. The van der Waals surface area contributed by atoms with Gasteiger partial charge in [-0.3, -0.25) is 0 Å². The van der Waals surface area contributed by atoms with Crippen LogP contribution in [0, 0.1) is 11.6 Å². The summed E-state index contributed by atoms with van der Waals surface area (Å²) in [5.41, 5.74) is 5.46. The summed E-state index contributed by atoms with van der Waals surface area (Å²) in [5.74, 6) is -1.04. The van der Waals surface area contributed by atoms with Crippen molar-refractivity contribution in [3.8, 4) is 0 Å². The Hall–Kier alpha value is -0.880. The predicted octanol–water partition coefficient (Wildman–Crippen LogP) is 2.40. The molecule has 0 aliphatic rings. The molecule has 0 fully saturated rings. The topological polar surface area (TPSA) is 29.3 Å². The average Bonchev–Trinajstić information content (AvgIpc) is 2.29. The van der Waals surface area contributed by atoms with Crippen molar-refractivity contribution in [1.29, 1.82) is 0 Å². The van der Waals surface area contributed by atoms with Crippen molar-refractivity contribution >= 4 is 34.7 Å². The van der Waals surface area contributed by atoms with Gasteiger partial charge in [0.1, 0.15) is 4.99 Å². The van der Waals surface area contributed by atoms with Gasteiger partial charge in [0, 0.05) is 24.9 Å². The molecule has 0 saturated heterocycles. The van der Waals surface area contributed by atoms with Crippen LogP contribution in [0.2, 0.25) is 0 Å². The molecule has 2 N–H and O–H groups in total. The Morgan fingerprint density at radius 2 is 2.06 bits per heavy atom. The predicted molar refractivity (Wildman–Crippen MR) is 73.9 cm³/mol. The first-order valence-corrected chi connectivity index (χ1v) is 6.77. The van der Waals surface area contributed by atoms with Gasteiger partial charge in [0.2, 0.25) is 0 Å². The molecule has 6 heteroatoms. The van der Waals surface area contributed by atoms with Gasteiger partial charge in [-0.05, 0) is 18.4 Å². The number of rotatable bonds is 5. The number of thiocarbonyl (C=S) groups is 1. The van der Waals surface area contributed by atoms with Crippen molar-refractivity contribution in [2.45, 2.75) is 0 Å². The van der Waals surface area contributed by atoms with E-state index in [0.717, 1.165) is 5.75 Å². The number of nitrogens with two attached hydrogens (primary N) is 1. The van der Waals surface area contributed by atoms with Crippen LogP contribution in [-0.4, -0.2) is 30.6 Å². The number of hydrogen-bond acceptors (Lipinski definition) is 3. The van der Waals surface area contributed by atoms with E-state index in [9.17, 15) is 8.78 Å². The second-order valence-electron chi connectivity index (χ2n) is 3.54. The third kappa shape index (κ3) is 3.29. The quantitative estimate of drug-likeness (QED) is 0.836. The fourth-order valence-electron chi connectivity index (χ4n) is 1.37. The third-order valence-corrected chi connectivity index (χ3v) is 3.18. The highest BCUT2D eigenvalue weighted by molar-refractivity contribution is 7.98. The zero-order valence-corrected chi connectivity index (χ0v) is 11.3. The molecule has 0 aliphatic heterocycles. The summed E-state index contributed by atoms with van der Waals surface area (Å²) in [6, 6.07) is 2.90. The van der Waals surface area contributed by atoms with Crippen LogP contribution in [0.3, 0.4) is 0 Å². The molecule has 0 spiro atoms. The molecule has 0 aliphatic carbocycles. The zero-order chi connectivity index (χ0) is 13.0. The molecule has 1 aromatic carbocycles. The van der Waals surface area contributed by atoms with Crippen LogP contribution < -0.4 is 10.6 Å². The molecule has 0 atom stereocenters. The normalized spacial score (nSPS) is 10.4. The molecular weight excluding hydrogens is 262 g/mol. The van der Waals surface area contributed by atoms with Gasteiger partial charge >= 0.3 is 0 Å². The standard InChI is InChI=1S/C11H14F2N2S2/c1-15(5-6-17-2)8-4-3-7(11(14)16)9(12)10(8)13/h3-4H,5-6H2,1-2H3,(H2,14,16). The lowest BCUT2D eigenvalue weighted by Crippen LogP contribution is -2.23. The van der Waals surface area contributed by atoms with E-state index >= 15 is 0 Å². The maximum atomic E-state index is 13.8. The van der Waals surface area contributed by atoms with Gasteiger partial charge in [0.15, 0.2) is 11.6 Å². The van der Waals surface area contributed by atoms with Gasteiger partial charge in [-0.15, -0.1) is 0 Å². The number of hydrogen-bond donors (Lipinski definition) is 1. The van der Waals surface area contributed by atoms with Gasteiger partial charge in [0.25, 0.3) is 0 Å². The van der Waals surface area contributed by atoms with Crippen LogP contribution in [0.15, 0.2) is 12.1 Å². The molecule has 1 rings (SSSR count). The van der Waals surface area contributed by atoms with Crippen molar-refractivity contribution in [2.24, 2.45) is 5.73 Å². The molecule has 94 valence electrons. The largest absolute Gasteiger partial charge is 0.389 e. The van der Waals surface area contributed by atoms with Gasteiger partial charge < -0.3 is 10.6 Å². The Morgan fingerprint density at radius 1 is 1.41 bits per heavy atom. The van der Waals surface area contributed by atoms with Crippen molar-refractivity contribution in [3.05, 3.63) is 29.3 Å². The Kier molecular flexibility index (Phi) is 5.14. The average molecular weight is 276 g/mol. The highest BCUT2D eigenvalue weighted by Crippen LogP contribution is 2.23. The van der Waals surface area contributed by atoms with Gasteiger partial charge in [0.05, 0.1) is 5.69 Å². The van der Waals surface area contributed by atoms with Crippen LogP contribution in [0.1, 0.15) is 5.56 Å². The highest BCUT2D eigenvalue weighted by atomic mass is 32.2. The first-order valence-electron chi connectivity index (χ1n) is 4.97. The Morgan fingerprint density at radius 3 is 2.59 bits per heavy atom. The lowest BCUT2D eigenvalue weighted by atomic mass is 10.1. The van der Waals surface area contributed by atoms with Crippen LogP contribution in [-0.2, 0) is 0 Å². The molecule has 0 heterocycles. The smallest absolute Gasteiger partial charge is 0.182 e. The molecule has 0 radical (unpaired) electrons. The highest BCUT2D eigenvalue weighted by Gasteiger charge is 2.17. The summed E-state index contributed by atoms with van der Waals surface area (Å²) in [6.45, 7) is 0.643. The minimum atomic E-state index is -0.981. The molecule has 2 nitrogen and oxygen atoms in total. The van der Waals surface area contributed by atoms with Crippen LogP contribution in [0.4, 0.5) is 14.5 Å². The first kappa shape index (κ1) is 14.2. The number of halogens is 2. The maximum absolute atomic E-state index is 13.8. The number of thioether (sulfide) groups is 1. The van der Waals surface area contributed by atoms with E-state index in [2.05, 4.69) is 12.2 Å². The van der Waals surface area contributed by atoms with Crippen molar-refractivity contribution in [1.82, 2.24) is 0 Å². The summed E-state index contributed by atoms with van der Waals surface area (Å²) in [5, 5.41) is 0. The van der Waals surface area contributed by atoms with E-state index in [1.807, 2.05) is 6.26 Å². The summed E-state index contributed by atoms with van der Waals surface area (Å²) in [4.78, 5) is 1.53. The van der Waals surface area contributed by atoms with E-state index in [4.69, 9.17) is 5.73 Å². The summed E-state index contributed by atoms with van der Waals surface area (Å²) in [6.07, 6.45) is 1.96. The van der Waals surface area contributed by atoms with Crippen LogP contribution in [0.5, 0.6) is 0 Å².